The Hall–Kier alpha value is -2.45. The van der Waals surface area contributed by atoms with Crippen molar-refractivity contribution in [3.8, 4) is 0 Å². The van der Waals surface area contributed by atoms with Crippen LogP contribution in [-0.2, 0) is 33.3 Å². The number of carbonyl (C=O) groups is 3. The van der Waals surface area contributed by atoms with Crippen molar-refractivity contribution in [2.24, 2.45) is 5.92 Å². The molecule has 3 rings (SSSR count). The predicted molar refractivity (Wildman–Crippen MR) is 105 cm³/mol. The van der Waals surface area contributed by atoms with Crippen molar-refractivity contribution in [2.45, 2.75) is 77.2 Å². The molecule has 2 fully saturated rings. The first-order valence-electron chi connectivity index (χ1n) is 9.94. The Morgan fingerprint density at radius 2 is 1.90 bits per heavy atom. The standard InChI is InChI=1S/C22H28O8/c1-10-7-8-15(27-14(5)23)11(2)9-16-17(12(3)20(25)28-16)18(24)19(10)29-21(26)22(6)13(4)30-22/h7,9,13,15-19,24H,3,8H2,1-2,4-6H3/b10-7-,11-9-. The molecule has 7 atom stereocenters. The molecular weight excluding hydrogens is 392 g/mol. The van der Waals surface area contributed by atoms with Gasteiger partial charge in [-0.3, -0.25) is 4.79 Å². The van der Waals surface area contributed by atoms with Crippen LogP contribution >= 0.6 is 0 Å². The lowest BCUT2D eigenvalue weighted by Crippen LogP contribution is -2.44. The van der Waals surface area contributed by atoms with E-state index in [2.05, 4.69) is 6.58 Å². The van der Waals surface area contributed by atoms with Gasteiger partial charge < -0.3 is 24.1 Å². The van der Waals surface area contributed by atoms with Gasteiger partial charge in [-0.1, -0.05) is 12.7 Å². The van der Waals surface area contributed by atoms with Crippen molar-refractivity contribution < 1.29 is 38.4 Å². The highest BCUT2D eigenvalue weighted by molar-refractivity contribution is 5.91. The molecule has 2 heterocycles. The van der Waals surface area contributed by atoms with Crippen molar-refractivity contribution in [3.05, 3.63) is 35.5 Å². The number of aliphatic hydroxyl groups excluding tert-OH is 1. The summed E-state index contributed by atoms with van der Waals surface area (Å²) in [5.74, 6) is -2.50. The molecule has 0 amide bonds. The van der Waals surface area contributed by atoms with E-state index in [-0.39, 0.29) is 11.7 Å². The summed E-state index contributed by atoms with van der Waals surface area (Å²) < 4.78 is 21.8. The second kappa shape index (κ2) is 8.00. The fourth-order valence-electron chi connectivity index (χ4n) is 3.85. The van der Waals surface area contributed by atoms with E-state index in [4.69, 9.17) is 18.9 Å². The molecule has 2 saturated heterocycles. The monoisotopic (exact) mass is 420 g/mol. The summed E-state index contributed by atoms with van der Waals surface area (Å²) in [6.45, 7) is 11.9. The molecule has 3 aliphatic rings. The minimum atomic E-state index is -1.26. The summed E-state index contributed by atoms with van der Waals surface area (Å²) in [5, 5.41) is 11.2. The van der Waals surface area contributed by atoms with E-state index in [1.165, 1.54) is 6.92 Å². The van der Waals surface area contributed by atoms with Crippen molar-refractivity contribution in [1.82, 2.24) is 0 Å². The second-order valence-corrected chi connectivity index (χ2v) is 8.30. The van der Waals surface area contributed by atoms with Gasteiger partial charge in [-0.2, -0.15) is 0 Å². The van der Waals surface area contributed by atoms with Gasteiger partial charge in [0, 0.05) is 18.9 Å². The molecule has 0 aromatic heterocycles. The van der Waals surface area contributed by atoms with Gasteiger partial charge in [0.15, 0.2) is 5.60 Å². The van der Waals surface area contributed by atoms with E-state index in [0.717, 1.165) is 0 Å². The van der Waals surface area contributed by atoms with E-state index in [1.54, 1.807) is 39.8 Å². The van der Waals surface area contributed by atoms with Gasteiger partial charge in [-0.05, 0) is 44.9 Å². The lowest BCUT2D eigenvalue weighted by molar-refractivity contribution is -0.160. The minimum Gasteiger partial charge on any atom is -0.458 e. The number of hydrogen-bond acceptors (Lipinski definition) is 8. The number of fused-ring (bicyclic) bond motifs is 1. The van der Waals surface area contributed by atoms with Crippen LogP contribution in [0.3, 0.4) is 0 Å². The molecule has 0 bridgehead atoms. The second-order valence-electron chi connectivity index (χ2n) is 8.30. The van der Waals surface area contributed by atoms with Crippen LogP contribution in [0.25, 0.3) is 0 Å². The van der Waals surface area contributed by atoms with Gasteiger partial charge >= 0.3 is 17.9 Å². The maximum Gasteiger partial charge on any atom is 0.341 e. The van der Waals surface area contributed by atoms with Crippen molar-refractivity contribution >= 4 is 17.9 Å². The first kappa shape index (κ1) is 22.2. The van der Waals surface area contributed by atoms with E-state index in [0.29, 0.717) is 17.6 Å². The molecule has 0 aromatic rings. The third-order valence-corrected chi connectivity index (χ3v) is 6.07. The number of esters is 3. The van der Waals surface area contributed by atoms with Gasteiger partial charge in [0.25, 0.3) is 0 Å². The summed E-state index contributed by atoms with van der Waals surface area (Å²) in [6.07, 6.45) is -0.284. The van der Waals surface area contributed by atoms with Crippen molar-refractivity contribution in [3.63, 3.8) is 0 Å². The molecule has 0 aromatic carbocycles. The smallest absolute Gasteiger partial charge is 0.341 e. The summed E-state index contributed by atoms with van der Waals surface area (Å²) in [4.78, 5) is 36.4. The quantitative estimate of drug-likeness (QED) is 0.242. The van der Waals surface area contributed by atoms with Crippen LogP contribution in [0.15, 0.2) is 35.5 Å². The number of aliphatic hydroxyl groups is 1. The van der Waals surface area contributed by atoms with Crippen molar-refractivity contribution in [2.75, 3.05) is 0 Å². The highest BCUT2D eigenvalue weighted by Gasteiger charge is 2.58. The zero-order valence-electron chi connectivity index (χ0n) is 17.8. The van der Waals surface area contributed by atoms with Crippen LogP contribution < -0.4 is 0 Å². The highest BCUT2D eigenvalue weighted by Crippen LogP contribution is 2.40. The van der Waals surface area contributed by atoms with Gasteiger partial charge in [-0.15, -0.1) is 0 Å². The molecule has 0 spiro atoms. The predicted octanol–water partition coefficient (Wildman–Crippen LogP) is 1.76. The van der Waals surface area contributed by atoms with Crippen LogP contribution in [0.5, 0.6) is 0 Å². The molecule has 8 heteroatoms. The third kappa shape index (κ3) is 4.06. The van der Waals surface area contributed by atoms with Crippen LogP contribution in [0.1, 0.15) is 41.0 Å². The van der Waals surface area contributed by atoms with Gasteiger partial charge in [0.2, 0.25) is 0 Å². The molecule has 8 nitrogen and oxygen atoms in total. The minimum absolute atomic E-state index is 0.0947. The summed E-state index contributed by atoms with van der Waals surface area (Å²) >= 11 is 0. The van der Waals surface area contributed by atoms with E-state index in [1.807, 2.05) is 0 Å². The van der Waals surface area contributed by atoms with Crippen molar-refractivity contribution in [1.29, 1.82) is 0 Å². The largest absolute Gasteiger partial charge is 0.458 e. The number of carbonyl (C=O) groups excluding carboxylic acids is 3. The van der Waals surface area contributed by atoms with Gasteiger partial charge in [-0.25, -0.2) is 9.59 Å². The average molecular weight is 420 g/mol. The van der Waals surface area contributed by atoms with E-state index in [9.17, 15) is 19.5 Å². The molecule has 0 radical (unpaired) electrons. The van der Waals surface area contributed by atoms with Crippen LogP contribution in [0, 0.1) is 5.92 Å². The van der Waals surface area contributed by atoms with E-state index >= 15 is 0 Å². The molecular formula is C22H28O8. The lowest BCUT2D eigenvalue weighted by atomic mass is 9.83. The van der Waals surface area contributed by atoms with E-state index < -0.39 is 53.8 Å². The molecule has 30 heavy (non-hydrogen) atoms. The van der Waals surface area contributed by atoms with Crippen LogP contribution in [-0.4, -0.2) is 59.1 Å². The Bertz CT molecular complexity index is 840. The Morgan fingerprint density at radius 1 is 1.27 bits per heavy atom. The first-order valence-corrected chi connectivity index (χ1v) is 9.94. The molecule has 7 unspecified atom stereocenters. The molecule has 1 N–H and O–H groups in total. The number of rotatable bonds is 3. The summed E-state index contributed by atoms with van der Waals surface area (Å²) in [7, 11) is 0. The fourth-order valence-corrected chi connectivity index (χ4v) is 3.85. The molecule has 1 aliphatic carbocycles. The highest BCUT2D eigenvalue weighted by atomic mass is 16.7. The Morgan fingerprint density at radius 3 is 2.47 bits per heavy atom. The topological polar surface area (TPSA) is 112 Å². The zero-order chi connectivity index (χ0) is 22.4. The summed E-state index contributed by atoms with van der Waals surface area (Å²) in [5.41, 5.74) is 0.273. The molecule has 164 valence electrons. The lowest BCUT2D eigenvalue weighted by Gasteiger charge is -2.31. The van der Waals surface area contributed by atoms with Crippen LogP contribution in [0.2, 0.25) is 0 Å². The SMILES string of the molecule is C=C1C(=O)OC2/C=C(/C)C(OC(C)=O)C/C=C(/C)C(OC(=O)C3(C)OC3C)C(O)C12. The number of ether oxygens (including phenoxy) is 4. The Balaban J connectivity index is 1.98. The maximum atomic E-state index is 12.7. The fraction of sp³-hybridized carbons (Fsp3) is 0.591. The molecule has 0 saturated carbocycles. The maximum absolute atomic E-state index is 12.7. The third-order valence-electron chi connectivity index (χ3n) is 6.07. The molecule has 2 aliphatic heterocycles. The van der Waals surface area contributed by atoms with Gasteiger partial charge in [0.05, 0.1) is 12.0 Å². The number of epoxide rings is 1. The normalized spacial score (nSPS) is 42.1. The van der Waals surface area contributed by atoms with Gasteiger partial charge in [0.1, 0.15) is 24.4 Å². The zero-order valence-corrected chi connectivity index (χ0v) is 17.8. The number of hydrogen-bond donors (Lipinski definition) is 1. The first-order chi connectivity index (χ1) is 14.0. The Kier molecular flexibility index (Phi) is 5.93. The van der Waals surface area contributed by atoms with Crippen LogP contribution in [0.4, 0.5) is 0 Å². The summed E-state index contributed by atoms with van der Waals surface area (Å²) in [6, 6.07) is 0. The Labute approximate surface area is 175 Å². The average Bonchev–Trinajstić information content (AvgIpc) is 3.18.